The number of rotatable bonds is 5. The van der Waals surface area contributed by atoms with E-state index in [0.717, 1.165) is 42.5 Å². The lowest BCUT2D eigenvalue weighted by molar-refractivity contribution is -0.892. The number of nitrogens with zero attached hydrogens (tertiary/aromatic N) is 1. The van der Waals surface area contributed by atoms with Crippen molar-refractivity contribution in [2.75, 3.05) is 51.3 Å². The third-order valence-electron chi connectivity index (χ3n) is 3.82. The molecule has 0 aliphatic carbocycles. The standard InChI is InChI=1S/C16H23N3O4/c1-3-23-16(21)17-15(20)12-18-7-9-19(10-8-18)13-5-4-6-14(11-13)22-2/h4-6,11H,3,7-10,12H2,1-2H3,(H,17,20,21)/p+1. The minimum absolute atomic E-state index is 0.255. The summed E-state index contributed by atoms with van der Waals surface area (Å²) >= 11 is 0. The molecule has 0 aromatic heterocycles. The number of ether oxygens (including phenoxy) is 2. The molecule has 1 aliphatic heterocycles. The number of amides is 2. The lowest BCUT2D eigenvalue weighted by Gasteiger charge is -2.33. The molecule has 0 atom stereocenters. The molecule has 7 heteroatoms. The van der Waals surface area contributed by atoms with Crippen molar-refractivity contribution >= 4 is 17.7 Å². The van der Waals surface area contributed by atoms with Crippen LogP contribution >= 0.6 is 0 Å². The molecule has 23 heavy (non-hydrogen) atoms. The van der Waals surface area contributed by atoms with E-state index in [1.54, 1.807) is 14.0 Å². The van der Waals surface area contributed by atoms with Gasteiger partial charge in [-0.1, -0.05) is 6.07 Å². The highest BCUT2D eigenvalue weighted by molar-refractivity contribution is 5.92. The van der Waals surface area contributed by atoms with E-state index >= 15 is 0 Å². The Hall–Kier alpha value is -2.28. The van der Waals surface area contributed by atoms with E-state index in [2.05, 4.69) is 16.3 Å². The Morgan fingerprint density at radius 3 is 2.70 bits per heavy atom. The van der Waals surface area contributed by atoms with Gasteiger partial charge in [0.15, 0.2) is 6.54 Å². The lowest BCUT2D eigenvalue weighted by Crippen LogP contribution is -3.16. The van der Waals surface area contributed by atoms with Gasteiger partial charge in [0.05, 0.1) is 39.9 Å². The van der Waals surface area contributed by atoms with Crippen molar-refractivity contribution in [2.24, 2.45) is 0 Å². The molecule has 1 aromatic carbocycles. The molecule has 0 bridgehead atoms. The number of hydrogen-bond donors (Lipinski definition) is 2. The highest BCUT2D eigenvalue weighted by Gasteiger charge is 2.23. The highest BCUT2D eigenvalue weighted by Crippen LogP contribution is 2.20. The Labute approximate surface area is 136 Å². The molecule has 2 amide bonds. The minimum atomic E-state index is -0.674. The SMILES string of the molecule is CCOC(=O)NC(=O)C[NH+]1CCN(c2cccc(OC)c2)CC1. The number of quaternary nitrogens is 1. The highest BCUT2D eigenvalue weighted by atomic mass is 16.5. The summed E-state index contributed by atoms with van der Waals surface area (Å²) in [6.07, 6.45) is -0.674. The smallest absolute Gasteiger partial charge is 0.414 e. The molecule has 0 saturated carbocycles. The fourth-order valence-corrected chi connectivity index (χ4v) is 2.62. The van der Waals surface area contributed by atoms with Crippen LogP contribution in [0.2, 0.25) is 0 Å². The van der Waals surface area contributed by atoms with Gasteiger partial charge in [0.1, 0.15) is 5.75 Å². The van der Waals surface area contributed by atoms with Crippen molar-refractivity contribution < 1.29 is 24.0 Å². The number of hydrogen-bond acceptors (Lipinski definition) is 5. The Bertz CT molecular complexity index is 542. The summed E-state index contributed by atoms with van der Waals surface area (Å²) in [6.45, 7) is 5.63. The number of alkyl carbamates (subject to hydrolysis) is 1. The van der Waals surface area contributed by atoms with E-state index in [4.69, 9.17) is 9.47 Å². The van der Waals surface area contributed by atoms with Crippen LogP contribution in [0.15, 0.2) is 24.3 Å². The number of nitrogens with one attached hydrogen (secondary N) is 2. The van der Waals surface area contributed by atoms with Crippen LogP contribution in [0.1, 0.15) is 6.92 Å². The van der Waals surface area contributed by atoms with Crippen molar-refractivity contribution in [1.82, 2.24) is 5.32 Å². The largest absolute Gasteiger partial charge is 0.497 e. The van der Waals surface area contributed by atoms with Crippen molar-refractivity contribution in [2.45, 2.75) is 6.92 Å². The molecule has 1 aliphatic rings. The van der Waals surface area contributed by atoms with Gasteiger partial charge in [-0.2, -0.15) is 0 Å². The van der Waals surface area contributed by atoms with Gasteiger partial charge in [-0.3, -0.25) is 10.1 Å². The van der Waals surface area contributed by atoms with Gasteiger partial charge < -0.3 is 19.3 Å². The van der Waals surface area contributed by atoms with Crippen molar-refractivity contribution in [3.05, 3.63) is 24.3 Å². The predicted molar refractivity (Wildman–Crippen MR) is 85.9 cm³/mol. The normalized spacial score (nSPS) is 15.1. The molecule has 1 aromatic rings. The summed E-state index contributed by atoms with van der Waals surface area (Å²) in [5, 5.41) is 2.24. The number of carbonyl (C=O) groups is 2. The molecular weight excluding hydrogens is 298 g/mol. The second kappa shape index (κ2) is 8.38. The number of carbonyl (C=O) groups excluding carboxylic acids is 2. The van der Waals surface area contributed by atoms with Crippen LogP contribution in [0.5, 0.6) is 5.75 Å². The molecule has 126 valence electrons. The molecule has 2 rings (SSSR count). The van der Waals surface area contributed by atoms with E-state index in [-0.39, 0.29) is 19.1 Å². The Balaban J connectivity index is 1.79. The Morgan fingerprint density at radius 2 is 2.04 bits per heavy atom. The molecule has 1 saturated heterocycles. The maximum Gasteiger partial charge on any atom is 0.414 e. The third kappa shape index (κ3) is 5.14. The van der Waals surface area contributed by atoms with Crippen LogP contribution in [0.25, 0.3) is 0 Å². The van der Waals surface area contributed by atoms with E-state index < -0.39 is 6.09 Å². The van der Waals surface area contributed by atoms with Crippen molar-refractivity contribution in [3.8, 4) is 5.75 Å². The zero-order valence-electron chi connectivity index (χ0n) is 13.6. The van der Waals surface area contributed by atoms with E-state index in [1.165, 1.54) is 0 Å². The second-order valence-corrected chi connectivity index (χ2v) is 5.38. The fraction of sp³-hybridized carbons (Fsp3) is 0.500. The molecule has 7 nitrogen and oxygen atoms in total. The number of methoxy groups -OCH3 is 1. The van der Waals surface area contributed by atoms with Crippen molar-refractivity contribution in [3.63, 3.8) is 0 Å². The van der Waals surface area contributed by atoms with Crippen LogP contribution in [0, 0.1) is 0 Å². The van der Waals surface area contributed by atoms with Crippen LogP contribution in [0.4, 0.5) is 10.5 Å². The van der Waals surface area contributed by atoms with Gasteiger partial charge in [0, 0.05) is 11.8 Å². The van der Waals surface area contributed by atoms with Crippen LogP contribution in [0.3, 0.4) is 0 Å². The lowest BCUT2D eigenvalue weighted by atomic mass is 10.2. The number of imide groups is 1. The third-order valence-corrected chi connectivity index (χ3v) is 3.82. The first-order chi connectivity index (χ1) is 11.1. The van der Waals surface area contributed by atoms with Crippen LogP contribution in [-0.4, -0.2) is 58.4 Å². The number of anilines is 1. The maximum atomic E-state index is 11.8. The molecule has 0 radical (unpaired) electrons. The van der Waals surface area contributed by atoms with Gasteiger partial charge in [-0.15, -0.1) is 0 Å². The monoisotopic (exact) mass is 322 g/mol. The molecular formula is C16H24N3O4+. The van der Waals surface area contributed by atoms with Gasteiger partial charge in [-0.25, -0.2) is 4.79 Å². The first kappa shape index (κ1) is 17.1. The number of piperazine rings is 1. The average Bonchev–Trinajstić information content (AvgIpc) is 2.55. The Morgan fingerprint density at radius 1 is 1.30 bits per heavy atom. The van der Waals surface area contributed by atoms with Crippen LogP contribution < -0.4 is 19.9 Å². The van der Waals surface area contributed by atoms with Gasteiger partial charge in [0.2, 0.25) is 0 Å². The second-order valence-electron chi connectivity index (χ2n) is 5.38. The van der Waals surface area contributed by atoms with Crippen molar-refractivity contribution in [1.29, 1.82) is 0 Å². The van der Waals surface area contributed by atoms with E-state index in [9.17, 15) is 9.59 Å². The molecule has 1 heterocycles. The van der Waals surface area contributed by atoms with Gasteiger partial charge >= 0.3 is 6.09 Å². The summed E-state index contributed by atoms with van der Waals surface area (Å²) in [5.41, 5.74) is 1.12. The topological polar surface area (TPSA) is 72.3 Å². The molecule has 2 N–H and O–H groups in total. The van der Waals surface area contributed by atoms with Gasteiger partial charge in [-0.05, 0) is 19.1 Å². The zero-order valence-corrected chi connectivity index (χ0v) is 13.6. The molecule has 0 unspecified atom stereocenters. The summed E-state index contributed by atoms with van der Waals surface area (Å²) in [5.74, 6) is 0.541. The predicted octanol–water partition coefficient (Wildman–Crippen LogP) is -0.327. The van der Waals surface area contributed by atoms with Crippen LogP contribution in [-0.2, 0) is 9.53 Å². The molecule has 0 spiro atoms. The van der Waals surface area contributed by atoms with E-state index in [1.807, 2.05) is 18.2 Å². The first-order valence-corrected chi connectivity index (χ1v) is 7.81. The fourth-order valence-electron chi connectivity index (χ4n) is 2.62. The average molecular weight is 322 g/mol. The Kier molecular flexibility index (Phi) is 6.22. The maximum absolute atomic E-state index is 11.8. The summed E-state index contributed by atoms with van der Waals surface area (Å²) in [7, 11) is 1.66. The van der Waals surface area contributed by atoms with Gasteiger partial charge in [0.25, 0.3) is 5.91 Å². The van der Waals surface area contributed by atoms with E-state index in [0.29, 0.717) is 0 Å². The quantitative estimate of drug-likeness (QED) is 0.777. The zero-order chi connectivity index (χ0) is 16.7. The first-order valence-electron chi connectivity index (χ1n) is 7.81. The number of benzene rings is 1. The molecule has 1 fully saturated rings. The summed E-state index contributed by atoms with van der Waals surface area (Å²) < 4.78 is 9.95. The minimum Gasteiger partial charge on any atom is -0.497 e. The summed E-state index contributed by atoms with van der Waals surface area (Å²) in [6, 6.07) is 7.96. The summed E-state index contributed by atoms with van der Waals surface area (Å²) in [4.78, 5) is 26.4.